The molecule has 1 heterocycles. The van der Waals surface area contributed by atoms with E-state index in [0.717, 1.165) is 6.08 Å². The number of carbonyl (C=O) groups is 1. The second kappa shape index (κ2) is 7.82. The number of amides is 1. The Bertz CT molecular complexity index is 1220. The molecule has 1 N–H and O–H groups in total. The van der Waals surface area contributed by atoms with Gasteiger partial charge in [0.25, 0.3) is 0 Å². The van der Waals surface area contributed by atoms with E-state index in [-0.39, 0.29) is 6.54 Å². The predicted molar refractivity (Wildman–Crippen MR) is 97.2 cm³/mol. The van der Waals surface area contributed by atoms with Crippen LogP contribution in [0, 0.1) is 0 Å². The van der Waals surface area contributed by atoms with E-state index in [9.17, 15) is 17.6 Å². The molecule has 0 aliphatic rings. The molecule has 1 aromatic heterocycles. The van der Waals surface area contributed by atoms with E-state index in [1.165, 1.54) is 0 Å². The molecule has 1 amide bonds. The number of rotatable bonds is 5. The molecule has 1 aromatic carbocycles. The first-order valence-electron chi connectivity index (χ1n) is 10.5. The zero-order valence-electron chi connectivity index (χ0n) is 20.4. The number of hydrogen-bond acceptors (Lipinski definition) is 5. The van der Waals surface area contributed by atoms with Gasteiger partial charge in [-0.25, -0.2) is 17.6 Å². The molecule has 0 saturated heterocycles. The Labute approximate surface area is 160 Å². The average Bonchev–Trinajstić information content (AvgIpc) is 2.62. The van der Waals surface area contributed by atoms with Crippen LogP contribution in [0.15, 0.2) is 53.2 Å². The zero-order valence-corrected chi connectivity index (χ0v) is 15.2. The van der Waals surface area contributed by atoms with Gasteiger partial charge in [-0.15, -0.1) is 0 Å². The van der Waals surface area contributed by atoms with Crippen molar-refractivity contribution in [3.8, 4) is 0 Å². The lowest BCUT2D eigenvalue weighted by atomic mass is 10.2. The van der Waals surface area contributed by atoms with Crippen molar-refractivity contribution < 1.29 is 30.6 Å². The van der Waals surface area contributed by atoms with Crippen LogP contribution in [0.25, 0.3) is 10.9 Å². The molecule has 140 valence electrons. The molecule has 0 aliphatic carbocycles. The predicted octanol–water partition coefficient (Wildman–Crippen LogP) is 3.39. The van der Waals surface area contributed by atoms with Gasteiger partial charge in [0.2, 0.25) is 0 Å². The van der Waals surface area contributed by atoms with Crippen LogP contribution in [0.5, 0.6) is 0 Å². The summed E-state index contributed by atoms with van der Waals surface area (Å²) >= 11 is 0. The molecule has 0 saturated carbocycles. The molecule has 26 heavy (non-hydrogen) atoms. The van der Waals surface area contributed by atoms with Gasteiger partial charge in [-0.05, 0) is 38.9 Å². The largest absolute Gasteiger partial charge is 0.444 e. The summed E-state index contributed by atoms with van der Waals surface area (Å²) in [6.07, 6.45) is -0.808. The molecule has 8 heteroatoms. The lowest BCUT2D eigenvalue weighted by Gasteiger charge is -2.19. The first kappa shape index (κ1) is 12.8. The highest BCUT2D eigenvalue weighted by atomic mass is 32.2. The van der Waals surface area contributed by atoms with Gasteiger partial charge >= 0.3 is 6.09 Å². The minimum Gasteiger partial charge on any atom is -0.444 e. The number of sulfone groups is 1. The molecular weight excluding hydrogens is 359 g/mol. The molecule has 0 spiro atoms. The van der Waals surface area contributed by atoms with Crippen LogP contribution in [0.4, 0.5) is 9.18 Å². The van der Waals surface area contributed by atoms with Crippen LogP contribution < -0.4 is 5.32 Å². The van der Waals surface area contributed by atoms with Crippen LogP contribution >= 0.6 is 0 Å². The van der Waals surface area contributed by atoms with E-state index < -0.39 is 85.3 Å². The van der Waals surface area contributed by atoms with Crippen molar-refractivity contribution in [3.05, 3.63) is 48.3 Å². The first-order chi connectivity index (χ1) is 14.6. The van der Waals surface area contributed by atoms with E-state index >= 15 is 0 Å². The summed E-state index contributed by atoms with van der Waals surface area (Å²) in [6.45, 7) is 4.50. The van der Waals surface area contributed by atoms with Gasteiger partial charge in [-0.1, -0.05) is 18.1 Å². The second-order valence-corrected chi connectivity index (χ2v) is 8.12. The minimum absolute atomic E-state index is 0.381. The van der Waals surface area contributed by atoms with Gasteiger partial charge < -0.3 is 10.1 Å². The molecule has 0 radical (unpaired) electrons. The standard InChI is InChI=1S/C18H21FN2O4S/c1-18(2,3)25-17(22)21-11-9-14(19)12-26(23,24)15-8-4-6-13-7-5-10-20-16(13)15/h4-10H,11-12H2,1-3H3,(H,21,22)/b14-9-/i4D,5D,6D,7D,8D,10D. The summed E-state index contributed by atoms with van der Waals surface area (Å²) in [5.41, 5.74) is -1.39. The summed E-state index contributed by atoms with van der Waals surface area (Å²) < 4.78 is 92.0. The number of fused-ring (bicyclic) bond motifs is 1. The number of benzene rings is 1. The van der Waals surface area contributed by atoms with Crippen LogP contribution in [-0.4, -0.2) is 37.4 Å². The topological polar surface area (TPSA) is 85.4 Å². The Balaban J connectivity index is 2.44. The molecular formula is C18H21FN2O4S. The number of aromatic nitrogens is 1. The quantitative estimate of drug-likeness (QED) is 0.851. The summed E-state index contributed by atoms with van der Waals surface area (Å²) in [5, 5.41) is 1.74. The van der Waals surface area contributed by atoms with E-state index in [2.05, 4.69) is 10.3 Å². The summed E-state index contributed by atoms with van der Waals surface area (Å²) in [5.74, 6) is -2.42. The Hall–Kier alpha value is -2.48. The molecule has 0 fully saturated rings. The van der Waals surface area contributed by atoms with Gasteiger partial charge in [-0.3, -0.25) is 4.98 Å². The molecule has 0 atom stereocenters. The molecule has 0 aliphatic heterocycles. The third-order valence-corrected chi connectivity index (χ3v) is 4.41. The number of pyridine rings is 1. The first-order valence-corrected chi connectivity index (χ1v) is 9.13. The van der Waals surface area contributed by atoms with Crippen molar-refractivity contribution in [2.75, 3.05) is 12.3 Å². The number of hydrogen-bond donors (Lipinski definition) is 1. The van der Waals surface area contributed by atoms with Crippen molar-refractivity contribution in [2.45, 2.75) is 31.3 Å². The fourth-order valence-corrected chi connectivity index (χ4v) is 3.12. The number of para-hydroxylation sites is 1. The van der Waals surface area contributed by atoms with E-state index in [0.29, 0.717) is 0 Å². The summed E-state index contributed by atoms with van der Waals surface area (Å²) in [6, 6.07) is -3.81. The van der Waals surface area contributed by atoms with Crippen molar-refractivity contribution in [1.82, 2.24) is 10.3 Å². The normalized spacial score (nSPS) is 16.1. The number of carbonyl (C=O) groups excluding carboxylic acids is 1. The number of alkyl carbamates (subject to hydrolysis) is 1. The van der Waals surface area contributed by atoms with E-state index in [1.54, 1.807) is 20.8 Å². The number of halogens is 1. The number of nitrogens with zero attached hydrogens (tertiary/aromatic N) is 1. The summed E-state index contributed by atoms with van der Waals surface area (Å²) in [4.78, 5) is 14.3. The Morgan fingerprint density at radius 1 is 1.35 bits per heavy atom. The molecule has 0 bridgehead atoms. The maximum Gasteiger partial charge on any atom is 0.407 e. The molecule has 2 rings (SSSR count). The summed E-state index contributed by atoms with van der Waals surface area (Å²) in [7, 11) is -4.65. The third kappa shape index (κ3) is 5.52. The Morgan fingerprint density at radius 3 is 2.73 bits per heavy atom. The van der Waals surface area contributed by atoms with Crippen molar-refractivity contribution in [2.24, 2.45) is 0 Å². The highest BCUT2D eigenvalue weighted by Gasteiger charge is 2.20. The third-order valence-electron chi connectivity index (χ3n) is 2.83. The smallest absolute Gasteiger partial charge is 0.407 e. The molecule has 6 nitrogen and oxygen atoms in total. The SMILES string of the molecule is [2H]c1nc2c(S(=O)(=O)C/C(F)=C/CNC(=O)OC(C)(C)C)c([2H])c([2H])c([2H])c2c([2H])c1[2H]. The fourth-order valence-electron chi connectivity index (χ4n) is 1.85. The Morgan fingerprint density at radius 2 is 2.04 bits per heavy atom. The monoisotopic (exact) mass is 386 g/mol. The maximum absolute atomic E-state index is 14.3. The highest BCUT2D eigenvalue weighted by Crippen LogP contribution is 2.23. The van der Waals surface area contributed by atoms with Crippen LogP contribution in [0.3, 0.4) is 0 Å². The highest BCUT2D eigenvalue weighted by molar-refractivity contribution is 7.91. The lowest BCUT2D eigenvalue weighted by Crippen LogP contribution is -2.32. The maximum atomic E-state index is 14.3. The molecule has 2 aromatic rings. The Kier molecular flexibility index (Phi) is 3.85. The van der Waals surface area contributed by atoms with Crippen LogP contribution in [0.2, 0.25) is 0 Å². The van der Waals surface area contributed by atoms with Crippen LogP contribution in [0.1, 0.15) is 29.0 Å². The zero-order chi connectivity index (χ0) is 24.6. The van der Waals surface area contributed by atoms with Gasteiger partial charge in [-0.2, -0.15) is 0 Å². The van der Waals surface area contributed by atoms with Crippen molar-refractivity contribution in [3.63, 3.8) is 0 Å². The van der Waals surface area contributed by atoms with E-state index in [1.807, 2.05) is 0 Å². The van der Waals surface area contributed by atoms with Gasteiger partial charge in [0.05, 0.1) is 18.6 Å². The molecule has 0 unspecified atom stereocenters. The van der Waals surface area contributed by atoms with Crippen molar-refractivity contribution >= 4 is 26.8 Å². The van der Waals surface area contributed by atoms with Gasteiger partial charge in [0, 0.05) is 18.1 Å². The van der Waals surface area contributed by atoms with Gasteiger partial charge in [0.15, 0.2) is 9.84 Å². The lowest BCUT2D eigenvalue weighted by molar-refractivity contribution is 0.0534. The number of nitrogens with one attached hydrogen (secondary N) is 1. The average molecular weight is 386 g/mol. The number of ether oxygens (including phenoxy) is 1. The van der Waals surface area contributed by atoms with Crippen LogP contribution in [-0.2, 0) is 14.6 Å². The van der Waals surface area contributed by atoms with E-state index in [4.69, 9.17) is 13.0 Å². The van der Waals surface area contributed by atoms with Gasteiger partial charge in [0.1, 0.15) is 17.2 Å². The van der Waals surface area contributed by atoms with Crippen molar-refractivity contribution in [1.29, 1.82) is 0 Å². The minimum atomic E-state index is -4.65. The fraction of sp³-hybridized carbons (Fsp3) is 0.333. The second-order valence-electron chi connectivity index (χ2n) is 6.19.